The minimum atomic E-state index is 0.0775. The lowest BCUT2D eigenvalue weighted by Crippen LogP contribution is -2.38. The number of aryl methyl sites for hydroxylation is 1. The maximum Gasteiger partial charge on any atom is 0.125 e. The molecule has 25 heavy (non-hydrogen) atoms. The van der Waals surface area contributed by atoms with Gasteiger partial charge >= 0.3 is 0 Å². The first-order valence-corrected chi connectivity index (χ1v) is 9.57. The van der Waals surface area contributed by atoms with Crippen LogP contribution >= 0.6 is 0 Å². The summed E-state index contributed by atoms with van der Waals surface area (Å²) in [7, 11) is 0. The van der Waals surface area contributed by atoms with Gasteiger partial charge < -0.3 is 4.74 Å². The first-order valence-electron chi connectivity index (χ1n) is 9.57. The van der Waals surface area contributed by atoms with Gasteiger partial charge in [0.05, 0.1) is 0 Å². The Labute approximate surface area is 153 Å². The van der Waals surface area contributed by atoms with Crippen LogP contribution in [-0.2, 0) is 6.42 Å². The minimum Gasteiger partial charge on any atom is -0.486 e. The van der Waals surface area contributed by atoms with Gasteiger partial charge in [-0.1, -0.05) is 49.4 Å². The lowest BCUT2D eigenvalue weighted by atomic mass is 10.0. The summed E-state index contributed by atoms with van der Waals surface area (Å²) in [5, 5.41) is 0. The molecule has 0 aliphatic carbocycles. The maximum atomic E-state index is 6.38. The van der Waals surface area contributed by atoms with Crippen molar-refractivity contribution >= 4 is 0 Å². The quantitative estimate of drug-likeness (QED) is 0.566. The van der Waals surface area contributed by atoms with Gasteiger partial charge in [-0.05, 0) is 57.4 Å². The van der Waals surface area contributed by atoms with Crippen LogP contribution in [0.4, 0.5) is 0 Å². The van der Waals surface area contributed by atoms with Gasteiger partial charge in [0.1, 0.15) is 11.9 Å². The second-order valence-corrected chi connectivity index (χ2v) is 7.23. The molecule has 0 fully saturated rings. The molecule has 1 atom stereocenters. The fourth-order valence-corrected chi connectivity index (χ4v) is 3.31. The second-order valence-electron chi connectivity index (χ2n) is 7.23. The van der Waals surface area contributed by atoms with Crippen molar-refractivity contribution in [3.05, 3.63) is 65.7 Å². The van der Waals surface area contributed by atoms with Crippen LogP contribution in [0.25, 0.3) is 0 Å². The monoisotopic (exact) mass is 339 g/mol. The third kappa shape index (κ3) is 5.89. The molecular weight excluding hydrogens is 306 g/mol. The fraction of sp³-hybridized carbons (Fsp3) is 0.478. The maximum absolute atomic E-state index is 6.38. The Morgan fingerprint density at radius 3 is 1.96 bits per heavy atom. The summed E-state index contributed by atoms with van der Waals surface area (Å²) >= 11 is 0. The molecular formula is C23H33NO. The van der Waals surface area contributed by atoms with Crippen molar-refractivity contribution in [1.29, 1.82) is 0 Å². The Morgan fingerprint density at radius 2 is 1.44 bits per heavy atom. The van der Waals surface area contributed by atoms with E-state index < -0.39 is 0 Å². The predicted octanol–water partition coefficient (Wildman–Crippen LogP) is 5.88. The van der Waals surface area contributed by atoms with Gasteiger partial charge in [-0.3, -0.25) is 4.90 Å². The van der Waals surface area contributed by atoms with Crippen molar-refractivity contribution in [2.45, 2.75) is 65.6 Å². The van der Waals surface area contributed by atoms with Crippen LogP contribution in [0.3, 0.4) is 0 Å². The number of nitrogens with zero attached hydrogens (tertiary/aromatic N) is 1. The standard InChI is InChI=1S/C23H33NO/c1-6-20-12-14-22(15-13-20)25-23(21-10-8-7-9-11-21)16-17-24(18(2)3)19(4)5/h7-15,18-19,23H,6,16-17H2,1-5H3. The van der Waals surface area contributed by atoms with Crippen LogP contribution in [0.1, 0.15) is 58.3 Å². The lowest BCUT2D eigenvalue weighted by molar-refractivity contribution is 0.127. The first-order chi connectivity index (χ1) is 12.0. The normalized spacial score (nSPS) is 12.8. The number of benzene rings is 2. The van der Waals surface area contributed by atoms with Crippen molar-refractivity contribution in [1.82, 2.24) is 4.90 Å². The number of ether oxygens (including phenoxy) is 1. The molecule has 136 valence electrons. The second kappa shape index (κ2) is 9.62. The van der Waals surface area contributed by atoms with Crippen LogP contribution in [0.2, 0.25) is 0 Å². The van der Waals surface area contributed by atoms with E-state index in [4.69, 9.17) is 4.74 Å². The number of hydrogen-bond donors (Lipinski definition) is 0. The van der Waals surface area contributed by atoms with Crippen LogP contribution in [0, 0.1) is 0 Å². The predicted molar refractivity (Wildman–Crippen MR) is 107 cm³/mol. The molecule has 0 aliphatic heterocycles. The highest BCUT2D eigenvalue weighted by Crippen LogP contribution is 2.26. The molecule has 2 aromatic rings. The number of hydrogen-bond acceptors (Lipinski definition) is 2. The topological polar surface area (TPSA) is 12.5 Å². The van der Waals surface area contributed by atoms with Gasteiger partial charge in [-0.15, -0.1) is 0 Å². The van der Waals surface area contributed by atoms with Gasteiger partial charge in [-0.25, -0.2) is 0 Å². The van der Waals surface area contributed by atoms with Gasteiger partial charge in [0.2, 0.25) is 0 Å². The summed E-state index contributed by atoms with van der Waals surface area (Å²) in [6, 6.07) is 20.2. The van der Waals surface area contributed by atoms with Gasteiger partial charge in [-0.2, -0.15) is 0 Å². The lowest BCUT2D eigenvalue weighted by Gasteiger charge is -2.32. The van der Waals surface area contributed by atoms with Crippen molar-refractivity contribution in [3.8, 4) is 5.75 Å². The van der Waals surface area contributed by atoms with Gasteiger partial charge in [0.15, 0.2) is 0 Å². The molecule has 0 bridgehead atoms. The molecule has 0 radical (unpaired) electrons. The summed E-state index contributed by atoms with van der Waals surface area (Å²) in [6.45, 7) is 12.3. The van der Waals surface area contributed by atoms with Crippen LogP contribution in [0.5, 0.6) is 5.75 Å². The van der Waals surface area contributed by atoms with Crippen molar-refractivity contribution < 1.29 is 4.74 Å². The third-order valence-corrected chi connectivity index (χ3v) is 4.76. The van der Waals surface area contributed by atoms with E-state index in [9.17, 15) is 0 Å². The Morgan fingerprint density at radius 1 is 0.840 bits per heavy atom. The largest absolute Gasteiger partial charge is 0.486 e. The summed E-state index contributed by atoms with van der Waals surface area (Å²) < 4.78 is 6.38. The first kappa shape index (κ1) is 19.5. The summed E-state index contributed by atoms with van der Waals surface area (Å²) in [6.07, 6.45) is 2.12. The van der Waals surface area contributed by atoms with Crippen LogP contribution < -0.4 is 4.74 Å². The average molecular weight is 340 g/mol. The van der Waals surface area contributed by atoms with E-state index in [1.807, 2.05) is 0 Å². The summed E-state index contributed by atoms with van der Waals surface area (Å²) in [4.78, 5) is 2.53. The zero-order valence-electron chi connectivity index (χ0n) is 16.4. The molecule has 2 heteroatoms. The van der Waals surface area contributed by atoms with E-state index in [-0.39, 0.29) is 6.10 Å². The molecule has 0 heterocycles. The molecule has 0 N–H and O–H groups in total. The highest BCUT2D eigenvalue weighted by molar-refractivity contribution is 5.28. The summed E-state index contributed by atoms with van der Waals surface area (Å²) in [5.41, 5.74) is 2.59. The smallest absolute Gasteiger partial charge is 0.125 e. The van der Waals surface area contributed by atoms with Crippen molar-refractivity contribution in [3.63, 3.8) is 0 Å². The molecule has 0 spiro atoms. The van der Waals surface area contributed by atoms with Crippen molar-refractivity contribution in [2.75, 3.05) is 6.54 Å². The van der Waals surface area contributed by atoms with E-state index in [1.54, 1.807) is 0 Å². The molecule has 0 saturated heterocycles. The molecule has 0 aliphatic rings. The Balaban J connectivity index is 2.12. The zero-order valence-corrected chi connectivity index (χ0v) is 16.4. The summed E-state index contributed by atoms with van der Waals surface area (Å²) in [5.74, 6) is 0.951. The molecule has 1 unspecified atom stereocenters. The Bertz CT molecular complexity index is 596. The van der Waals surface area contributed by atoms with Gasteiger partial charge in [0.25, 0.3) is 0 Å². The molecule has 0 saturated carbocycles. The zero-order chi connectivity index (χ0) is 18.2. The Hall–Kier alpha value is -1.80. The van der Waals surface area contributed by atoms with Crippen LogP contribution in [-0.4, -0.2) is 23.5 Å². The van der Waals surface area contributed by atoms with E-state index in [0.717, 1.165) is 25.1 Å². The molecule has 0 aromatic heterocycles. The van der Waals surface area contributed by atoms with E-state index in [1.165, 1.54) is 11.1 Å². The fourth-order valence-electron chi connectivity index (χ4n) is 3.31. The molecule has 2 nitrogen and oxygen atoms in total. The minimum absolute atomic E-state index is 0.0775. The van der Waals surface area contributed by atoms with Gasteiger partial charge in [0, 0.05) is 25.0 Å². The van der Waals surface area contributed by atoms with E-state index in [2.05, 4.69) is 94.1 Å². The van der Waals surface area contributed by atoms with Crippen molar-refractivity contribution in [2.24, 2.45) is 0 Å². The number of rotatable bonds is 9. The van der Waals surface area contributed by atoms with E-state index in [0.29, 0.717) is 12.1 Å². The third-order valence-electron chi connectivity index (χ3n) is 4.76. The van der Waals surface area contributed by atoms with E-state index >= 15 is 0 Å². The average Bonchev–Trinajstić information content (AvgIpc) is 2.61. The van der Waals surface area contributed by atoms with Crippen LogP contribution in [0.15, 0.2) is 54.6 Å². The Kier molecular flexibility index (Phi) is 7.52. The SMILES string of the molecule is CCc1ccc(OC(CCN(C(C)C)C(C)C)c2ccccc2)cc1. The molecule has 0 amide bonds. The molecule has 2 rings (SSSR count). The highest BCUT2D eigenvalue weighted by Gasteiger charge is 2.18. The molecule has 2 aromatic carbocycles. The highest BCUT2D eigenvalue weighted by atomic mass is 16.5.